The summed E-state index contributed by atoms with van der Waals surface area (Å²) in [6.07, 6.45) is 0.364. The van der Waals surface area contributed by atoms with E-state index in [0.29, 0.717) is 11.3 Å². The van der Waals surface area contributed by atoms with E-state index in [0.717, 1.165) is 0 Å². The summed E-state index contributed by atoms with van der Waals surface area (Å²) >= 11 is 0. The third-order valence-corrected chi connectivity index (χ3v) is 2.29. The predicted molar refractivity (Wildman–Crippen MR) is 59.5 cm³/mol. The molecule has 2 unspecified atom stereocenters. The Morgan fingerprint density at radius 3 is 2.59 bits per heavy atom. The molecule has 0 aliphatic heterocycles. The van der Waals surface area contributed by atoms with Gasteiger partial charge in [-0.2, -0.15) is 0 Å². The molecular weight excluding hydrogens is 224 g/mol. The van der Waals surface area contributed by atoms with Gasteiger partial charge in [0, 0.05) is 11.9 Å². The second kappa shape index (κ2) is 5.40. The molecule has 6 heteroatoms. The van der Waals surface area contributed by atoms with E-state index >= 15 is 0 Å². The zero-order valence-electron chi connectivity index (χ0n) is 9.54. The lowest BCUT2D eigenvalue weighted by atomic mass is 10.1. The van der Waals surface area contributed by atoms with Gasteiger partial charge in [-0.15, -0.1) is 0 Å². The normalized spacial score (nSPS) is 13.8. The van der Waals surface area contributed by atoms with E-state index in [2.05, 4.69) is 10.3 Å². The quantitative estimate of drug-likeness (QED) is 0.683. The SMILES string of the molecule is Cc1ncccc1C(=O)NC(C(=O)O)C(C)O. The molecule has 1 amide bonds. The topological polar surface area (TPSA) is 99.5 Å². The number of aliphatic hydroxyl groups excluding tert-OH is 1. The van der Waals surface area contributed by atoms with Gasteiger partial charge >= 0.3 is 5.97 Å². The number of carbonyl (C=O) groups excluding carboxylic acids is 1. The van der Waals surface area contributed by atoms with Gasteiger partial charge in [0.1, 0.15) is 0 Å². The van der Waals surface area contributed by atoms with Crippen LogP contribution in [0.5, 0.6) is 0 Å². The average molecular weight is 238 g/mol. The van der Waals surface area contributed by atoms with Gasteiger partial charge in [0.2, 0.25) is 0 Å². The molecule has 6 nitrogen and oxygen atoms in total. The van der Waals surface area contributed by atoms with Crippen LogP contribution in [0.15, 0.2) is 18.3 Å². The van der Waals surface area contributed by atoms with Gasteiger partial charge < -0.3 is 15.5 Å². The number of aliphatic hydroxyl groups is 1. The minimum absolute atomic E-state index is 0.291. The molecule has 1 rings (SSSR count). The van der Waals surface area contributed by atoms with Crippen LogP contribution in [0, 0.1) is 6.92 Å². The Kier molecular flexibility index (Phi) is 4.17. The molecule has 0 saturated heterocycles. The highest BCUT2D eigenvalue weighted by molar-refractivity contribution is 5.97. The van der Waals surface area contributed by atoms with Gasteiger partial charge in [-0.25, -0.2) is 4.79 Å². The first-order valence-electron chi connectivity index (χ1n) is 5.07. The molecule has 3 N–H and O–H groups in total. The third-order valence-electron chi connectivity index (χ3n) is 2.29. The van der Waals surface area contributed by atoms with Crippen molar-refractivity contribution in [2.24, 2.45) is 0 Å². The van der Waals surface area contributed by atoms with Crippen LogP contribution in [-0.4, -0.2) is 39.2 Å². The maximum Gasteiger partial charge on any atom is 0.328 e. The number of nitrogens with one attached hydrogen (secondary N) is 1. The highest BCUT2D eigenvalue weighted by Gasteiger charge is 2.25. The Morgan fingerprint density at radius 2 is 2.12 bits per heavy atom. The van der Waals surface area contributed by atoms with Crippen LogP contribution < -0.4 is 5.32 Å². The van der Waals surface area contributed by atoms with Crippen LogP contribution in [0.1, 0.15) is 23.0 Å². The van der Waals surface area contributed by atoms with E-state index in [1.54, 1.807) is 19.1 Å². The van der Waals surface area contributed by atoms with Crippen LogP contribution >= 0.6 is 0 Å². The molecule has 0 fully saturated rings. The molecule has 1 heterocycles. The smallest absolute Gasteiger partial charge is 0.328 e. The zero-order valence-corrected chi connectivity index (χ0v) is 9.54. The van der Waals surface area contributed by atoms with Crippen LogP contribution in [0.25, 0.3) is 0 Å². The summed E-state index contributed by atoms with van der Waals surface area (Å²) in [5.41, 5.74) is 0.791. The summed E-state index contributed by atoms with van der Waals surface area (Å²) in [4.78, 5) is 26.5. The Morgan fingerprint density at radius 1 is 1.47 bits per heavy atom. The van der Waals surface area contributed by atoms with Crippen molar-refractivity contribution in [3.63, 3.8) is 0 Å². The monoisotopic (exact) mass is 238 g/mol. The number of carboxylic acid groups (broad SMARTS) is 1. The summed E-state index contributed by atoms with van der Waals surface area (Å²) in [7, 11) is 0. The molecule has 92 valence electrons. The number of rotatable bonds is 4. The fourth-order valence-electron chi connectivity index (χ4n) is 1.33. The fourth-order valence-corrected chi connectivity index (χ4v) is 1.33. The van der Waals surface area contributed by atoms with Crippen molar-refractivity contribution in [1.29, 1.82) is 0 Å². The van der Waals surface area contributed by atoms with Crippen molar-refractivity contribution in [3.05, 3.63) is 29.6 Å². The first-order chi connectivity index (χ1) is 7.93. The van der Waals surface area contributed by atoms with E-state index < -0.39 is 24.0 Å². The van der Waals surface area contributed by atoms with Gasteiger partial charge in [0.15, 0.2) is 6.04 Å². The summed E-state index contributed by atoms with van der Waals surface area (Å²) < 4.78 is 0. The summed E-state index contributed by atoms with van der Waals surface area (Å²) in [5, 5.41) is 20.3. The van der Waals surface area contributed by atoms with Crippen LogP contribution in [0.4, 0.5) is 0 Å². The van der Waals surface area contributed by atoms with Crippen LogP contribution in [0.3, 0.4) is 0 Å². The number of carbonyl (C=O) groups is 2. The van der Waals surface area contributed by atoms with Gasteiger partial charge in [-0.1, -0.05) is 0 Å². The number of pyridine rings is 1. The highest BCUT2D eigenvalue weighted by Crippen LogP contribution is 2.04. The summed E-state index contributed by atoms with van der Waals surface area (Å²) in [6, 6.07) is 1.79. The summed E-state index contributed by atoms with van der Waals surface area (Å²) in [6.45, 7) is 2.95. The molecule has 1 aromatic heterocycles. The Hall–Kier alpha value is -1.95. The first kappa shape index (κ1) is 13.1. The second-order valence-corrected chi connectivity index (χ2v) is 3.67. The molecule has 17 heavy (non-hydrogen) atoms. The molecule has 0 aromatic carbocycles. The predicted octanol–water partition coefficient (Wildman–Crippen LogP) is -0.0462. The number of nitrogens with zero attached hydrogens (tertiary/aromatic N) is 1. The number of aliphatic carboxylic acids is 1. The van der Waals surface area contributed by atoms with Crippen molar-refractivity contribution in [2.45, 2.75) is 26.0 Å². The number of amides is 1. The zero-order chi connectivity index (χ0) is 13.0. The molecule has 0 bridgehead atoms. The van der Waals surface area contributed by atoms with Crippen molar-refractivity contribution in [2.75, 3.05) is 0 Å². The molecule has 1 aromatic rings. The number of hydrogen-bond acceptors (Lipinski definition) is 4. The minimum Gasteiger partial charge on any atom is -0.480 e. The van der Waals surface area contributed by atoms with Crippen molar-refractivity contribution in [1.82, 2.24) is 10.3 Å². The third kappa shape index (κ3) is 3.25. The Labute approximate surface area is 98.3 Å². The van der Waals surface area contributed by atoms with Gasteiger partial charge in [0.05, 0.1) is 11.7 Å². The van der Waals surface area contributed by atoms with E-state index in [1.165, 1.54) is 13.1 Å². The van der Waals surface area contributed by atoms with Crippen molar-refractivity contribution >= 4 is 11.9 Å². The average Bonchev–Trinajstić information content (AvgIpc) is 2.25. The Bertz CT molecular complexity index is 431. The van der Waals surface area contributed by atoms with Gasteiger partial charge in [-0.05, 0) is 26.0 Å². The van der Waals surface area contributed by atoms with Crippen molar-refractivity contribution in [3.8, 4) is 0 Å². The number of aryl methyl sites for hydroxylation is 1. The number of carboxylic acids is 1. The van der Waals surface area contributed by atoms with E-state index in [1.807, 2.05) is 0 Å². The van der Waals surface area contributed by atoms with Gasteiger partial charge in [0.25, 0.3) is 5.91 Å². The van der Waals surface area contributed by atoms with Gasteiger partial charge in [-0.3, -0.25) is 9.78 Å². The molecule has 0 radical (unpaired) electrons. The fraction of sp³-hybridized carbons (Fsp3) is 0.364. The minimum atomic E-state index is -1.33. The van der Waals surface area contributed by atoms with Crippen molar-refractivity contribution < 1.29 is 19.8 Å². The maximum absolute atomic E-state index is 11.8. The molecule has 0 aliphatic carbocycles. The largest absolute Gasteiger partial charge is 0.480 e. The molecule has 0 aliphatic rings. The lowest BCUT2D eigenvalue weighted by Crippen LogP contribution is -2.47. The summed E-state index contributed by atoms with van der Waals surface area (Å²) in [5.74, 6) is -1.85. The molecule has 2 atom stereocenters. The molecule has 0 spiro atoms. The molecule has 0 saturated carbocycles. The maximum atomic E-state index is 11.8. The first-order valence-corrected chi connectivity index (χ1v) is 5.07. The van der Waals surface area contributed by atoms with Crippen LogP contribution in [-0.2, 0) is 4.79 Å². The highest BCUT2D eigenvalue weighted by atomic mass is 16.4. The lowest BCUT2D eigenvalue weighted by molar-refractivity contribution is -0.141. The van der Waals surface area contributed by atoms with E-state index in [4.69, 9.17) is 5.11 Å². The standard InChI is InChI=1S/C11H14N2O4/c1-6-8(4-3-5-12-6)10(15)13-9(7(2)14)11(16)17/h3-5,7,9,14H,1-2H3,(H,13,15)(H,16,17). The second-order valence-electron chi connectivity index (χ2n) is 3.67. The molecular formula is C11H14N2O4. The van der Waals surface area contributed by atoms with Crippen LogP contribution in [0.2, 0.25) is 0 Å². The number of hydrogen-bond donors (Lipinski definition) is 3. The van der Waals surface area contributed by atoms with E-state index in [-0.39, 0.29) is 0 Å². The lowest BCUT2D eigenvalue weighted by Gasteiger charge is -2.17. The Balaban J connectivity index is 2.85. The van der Waals surface area contributed by atoms with E-state index in [9.17, 15) is 14.7 Å². The number of aromatic nitrogens is 1.